The van der Waals surface area contributed by atoms with E-state index < -0.39 is 0 Å². The highest BCUT2D eigenvalue weighted by Crippen LogP contribution is 2.29. The van der Waals surface area contributed by atoms with Crippen molar-refractivity contribution < 1.29 is 4.39 Å². The van der Waals surface area contributed by atoms with E-state index >= 15 is 0 Å². The Morgan fingerprint density at radius 1 is 1.40 bits per heavy atom. The molecule has 1 heterocycles. The highest BCUT2D eigenvalue weighted by molar-refractivity contribution is 7.99. The molecule has 0 bridgehead atoms. The summed E-state index contributed by atoms with van der Waals surface area (Å²) >= 11 is 1.72. The van der Waals surface area contributed by atoms with E-state index in [0.29, 0.717) is 0 Å². The van der Waals surface area contributed by atoms with Gasteiger partial charge >= 0.3 is 0 Å². The van der Waals surface area contributed by atoms with Gasteiger partial charge in [0, 0.05) is 22.5 Å². The molecule has 2 nitrogen and oxygen atoms in total. The molecule has 0 saturated heterocycles. The number of para-hydroxylation sites is 1. The van der Waals surface area contributed by atoms with Gasteiger partial charge in [-0.3, -0.25) is 4.98 Å². The predicted octanol–water partition coefficient (Wildman–Crippen LogP) is 4.67. The fourth-order valence-electron chi connectivity index (χ4n) is 1.84. The van der Waals surface area contributed by atoms with Crippen LogP contribution in [-0.2, 0) is 0 Å². The van der Waals surface area contributed by atoms with Crippen molar-refractivity contribution in [3.8, 4) is 0 Å². The molecule has 1 aromatic heterocycles. The van der Waals surface area contributed by atoms with Crippen LogP contribution in [0.5, 0.6) is 0 Å². The second kappa shape index (κ2) is 7.10. The Bertz CT molecular complexity index is 586. The van der Waals surface area contributed by atoms with Gasteiger partial charge in [-0.25, -0.2) is 4.39 Å². The van der Waals surface area contributed by atoms with Crippen molar-refractivity contribution in [1.29, 1.82) is 0 Å². The Labute approximate surface area is 123 Å². The summed E-state index contributed by atoms with van der Waals surface area (Å²) in [5.74, 6) is 0.541. The third-order valence-corrected chi connectivity index (χ3v) is 3.91. The van der Waals surface area contributed by atoms with E-state index in [1.807, 2.05) is 31.2 Å². The number of rotatable bonds is 6. The third-order valence-electron chi connectivity index (χ3n) is 2.84. The van der Waals surface area contributed by atoms with Crippen molar-refractivity contribution in [1.82, 2.24) is 4.98 Å². The number of halogens is 1. The van der Waals surface area contributed by atoms with Crippen LogP contribution in [0, 0.1) is 5.82 Å². The number of anilines is 1. The summed E-state index contributed by atoms with van der Waals surface area (Å²) in [6.45, 7) is 5.72. The van der Waals surface area contributed by atoms with Crippen LogP contribution in [0.2, 0.25) is 0 Å². The fraction of sp³-hybridized carbons (Fsp3) is 0.188. The van der Waals surface area contributed by atoms with Crippen LogP contribution in [0.4, 0.5) is 10.1 Å². The molecule has 1 unspecified atom stereocenters. The Morgan fingerprint density at radius 3 is 2.95 bits per heavy atom. The second-order valence-electron chi connectivity index (χ2n) is 4.40. The van der Waals surface area contributed by atoms with Gasteiger partial charge in [0.05, 0.1) is 12.2 Å². The SMILES string of the molecule is C=CCSc1ccccc1NC(C)c1cncc(F)c1. The molecule has 0 radical (unpaired) electrons. The first kappa shape index (κ1) is 14.6. The predicted molar refractivity (Wildman–Crippen MR) is 83.6 cm³/mol. The monoisotopic (exact) mass is 288 g/mol. The molecule has 0 aliphatic heterocycles. The summed E-state index contributed by atoms with van der Waals surface area (Å²) in [6, 6.07) is 9.57. The number of hydrogen-bond acceptors (Lipinski definition) is 3. The summed E-state index contributed by atoms with van der Waals surface area (Å²) in [5.41, 5.74) is 1.87. The van der Waals surface area contributed by atoms with Crippen LogP contribution in [0.1, 0.15) is 18.5 Å². The van der Waals surface area contributed by atoms with Crippen LogP contribution in [0.25, 0.3) is 0 Å². The molecule has 1 N–H and O–H groups in total. The normalized spacial score (nSPS) is 11.9. The summed E-state index contributed by atoms with van der Waals surface area (Å²) < 4.78 is 13.2. The highest BCUT2D eigenvalue weighted by atomic mass is 32.2. The quantitative estimate of drug-likeness (QED) is 0.617. The molecule has 0 aliphatic rings. The maximum atomic E-state index is 13.2. The highest BCUT2D eigenvalue weighted by Gasteiger charge is 2.09. The van der Waals surface area contributed by atoms with Crippen LogP contribution < -0.4 is 5.32 Å². The van der Waals surface area contributed by atoms with E-state index in [0.717, 1.165) is 21.9 Å². The summed E-state index contributed by atoms with van der Waals surface area (Å²) in [7, 11) is 0. The van der Waals surface area contributed by atoms with Crippen molar-refractivity contribution in [2.75, 3.05) is 11.1 Å². The number of benzene rings is 1. The van der Waals surface area contributed by atoms with Gasteiger partial charge in [-0.05, 0) is 30.7 Å². The summed E-state index contributed by atoms with van der Waals surface area (Å²) in [4.78, 5) is 5.04. The Hall–Kier alpha value is -1.81. The third kappa shape index (κ3) is 3.84. The van der Waals surface area contributed by atoms with E-state index in [4.69, 9.17) is 0 Å². The lowest BCUT2D eigenvalue weighted by molar-refractivity contribution is 0.616. The van der Waals surface area contributed by atoms with Crippen molar-refractivity contribution in [3.63, 3.8) is 0 Å². The Morgan fingerprint density at radius 2 is 2.20 bits per heavy atom. The minimum absolute atomic E-state index is 0.0105. The van der Waals surface area contributed by atoms with Crippen molar-refractivity contribution in [2.24, 2.45) is 0 Å². The van der Waals surface area contributed by atoms with Crippen molar-refractivity contribution in [3.05, 3.63) is 66.8 Å². The zero-order valence-corrected chi connectivity index (χ0v) is 12.2. The molecule has 1 aromatic carbocycles. The first-order chi connectivity index (χ1) is 9.70. The number of thioether (sulfide) groups is 1. The lowest BCUT2D eigenvalue weighted by Gasteiger charge is -2.17. The molecule has 0 saturated carbocycles. The maximum Gasteiger partial charge on any atom is 0.141 e. The van der Waals surface area contributed by atoms with Gasteiger partial charge in [-0.15, -0.1) is 18.3 Å². The average Bonchev–Trinajstić information content (AvgIpc) is 2.46. The second-order valence-corrected chi connectivity index (χ2v) is 5.46. The van der Waals surface area contributed by atoms with Gasteiger partial charge in [0.2, 0.25) is 0 Å². The topological polar surface area (TPSA) is 24.9 Å². The van der Waals surface area contributed by atoms with E-state index in [1.165, 1.54) is 12.3 Å². The molecule has 0 aliphatic carbocycles. The maximum absolute atomic E-state index is 13.2. The van der Waals surface area contributed by atoms with E-state index in [1.54, 1.807) is 18.0 Å². The number of pyridine rings is 1. The van der Waals surface area contributed by atoms with Gasteiger partial charge in [-0.1, -0.05) is 18.2 Å². The number of nitrogens with one attached hydrogen (secondary N) is 1. The summed E-state index contributed by atoms with van der Waals surface area (Å²) in [5, 5.41) is 3.40. The van der Waals surface area contributed by atoms with Gasteiger partial charge in [0.1, 0.15) is 5.82 Å². The largest absolute Gasteiger partial charge is 0.378 e. The van der Waals surface area contributed by atoms with Crippen LogP contribution in [0.15, 0.2) is 60.3 Å². The van der Waals surface area contributed by atoms with E-state index in [-0.39, 0.29) is 11.9 Å². The van der Waals surface area contributed by atoms with Crippen LogP contribution >= 0.6 is 11.8 Å². The molecular weight excluding hydrogens is 271 g/mol. The fourth-order valence-corrected chi connectivity index (χ4v) is 2.60. The average molecular weight is 288 g/mol. The Balaban J connectivity index is 2.15. The van der Waals surface area contributed by atoms with Crippen LogP contribution in [0.3, 0.4) is 0 Å². The molecule has 2 rings (SSSR count). The summed E-state index contributed by atoms with van der Waals surface area (Å²) in [6.07, 6.45) is 4.77. The number of nitrogens with zero attached hydrogens (tertiary/aromatic N) is 1. The van der Waals surface area contributed by atoms with E-state index in [2.05, 4.69) is 22.9 Å². The molecule has 1 atom stereocenters. The molecule has 0 spiro atoms. The minimum Gasteiger partial charge on any atom is -0.378 e. The van der Waals surface area contributed by atoms with Gasteiger partial charge in [0.15, 0.2) is 0 Å². The molecule has 104 valence electrons. The van der Waals surface area contributed by atoms with Crippen LogP contribution in [-0.4, -0.2) is 10.7 Å². The number of aromatic nitrogens is 1. The molecular formula is C16H17FN2S. The zero-order chi connectivity index (χ0) is 14.4. The van der Waals surface area contributed by atoms with Gasteiger partial charge in [-0.2, -0.15) is 0 Å². The first-order valence-corrected chi connectivity index (χ1v) is 7.39. The molecule has 0 fully saturated rings. The lowest BCUT2D eigenvalue weighted by atomic mass is 10.1. The first-order valence-electron chi connectivity index (χ1n) is 6.40. The zero-order valence-electron chi connectivity index (χ0n) is 11.3. The minimum atomic E-state index is -0.314. The molecule has 4 heteroatoms. The number of hydrogen-bond donors (Lipinski definition) is 1. The van der Waals surface area contributed by atoms with Gasteiger partial charge < -0.3 is 5.32 Å². The molecule has 20 heavy (non-hydrogen) atoms. The van der Waals surface area contributed by atoms with Crippen molar-refractivity contribution in [2.45, 2.75) is 17.9 Å². The lowest BCUT2D eigenvalue weighted by Crippen LogP contribution is -2.08. The van der Waals surface area contributed by atoms with Crippen molar-refractivity contribution >= 4 is 17.4 Å². The van der Waals surface area contributed by atoms with E-state index in [9.17, 15) is 4.39 Å². The molecule has 2 aromatic rings. The standard InChI is InChI=1S/C16H17FN2S/c1-3-8-20-16-7-5-4-6-15(16)19-12(2)13-9-14(17)11-18-10-13/h3-7,9-12,19H,1,8H2,2H3. The van der Waals surface area contributed by atoms with Gasteiger partial charge in [0.25, 0.3) is 0 Å². The molecule has 0 amide bonds. The smallest absolute Gasteiger partial charge is 0.141 e. The Kier molecular flexibility index (Phi) is 5.18.